The minimum Gasteiger partial charge on any atom is -0.357 e. The molecule has 0 saturated heterocycles. The average Bonchev–Trinajstić information content (AvgIpc) is 2.16. The van der Waals surface area contributed by atoms with Crippen molar-refractivity contribution in [1.82, 2.24) is 4.90 Å². The molecule has 0 aliphatic carbocycles. The molecule has 0 fully saturated rings. The first kappa shape index (κ1) is 15.4. The molecule has 0 N–H and O–H groups in total. The zero-order valence-corrected chi connectivity index (χ0v) is 12.6. The van der Waals surface area contributed by atoms with Gasteiger partial charge in [-0.2, -0.15) is 4.76 Å². The van der Waals surface area contributed by atoms with Crippen LogP contribution in [0.2, 0.25) is 0 Å². The highest BCUT2D eigenvalue weighted by Gasteiger charge is 2.17. The molecule has 0 heterocycles. The largest absolute Gasteiger partial charge is 0.357 e. The van der Waals surface area contributed by atoms with Crippen LogP contribution in [0.4, 0.5) is 0 Å². The summed E-state index contributed by atoms with van der Waals surface area (Å²) < 4.78 is 14.6. The predicted octanol–water partition coefficient (Wildman–Crippen LogP) is 2.56. The van der Waals surface area contributed by atoms with Crippen LogP contribution in [0.3, 0.4) is 0 Å². The van der Waals surface area contributed by atoms with E-state index in [9.17, 15) is 0 Å². The highest BCUT2D eigenvalue weighted by Crippen LogP contribution is 2.49. The molecule has 0 aromatic carbocycles. The van der Waals surface area contributed by atoms with Crippen molar-refractivity contribution in [3.05, 3.63) is 0 Å². The van der Waals surface area contributed by atoms with E-state index in [4.69, 9.17) is 20.9 Å². The Bertz CT molecular complexity index is 261. The van der Waals surface area contributed by atoms with E-state index in [1.165, 1.54) is 14.2 Å². The Morgan fingerprint density at radius 1 is 1.33 bits per heavy atom. The Kier molecular flexibility index (Phi) is 7.04. The van der Waals surface area contributed by atoms with Gasteiger partial charge in [0.1, 0.15) is 0 Å². The molecule has 0 amide bonds. The van der Waals surface area contributed by atoms with Crippen LogP contribution in [0.5, 0.6) is 0 Å². The third-order valence-corrected chi connectivity index (χ3v) is 5.16. The Balaban J connectivity index is 4.89. The van der Waals surface area contributed by atoms with Gasteiger partial charge in [0, 0.05) is 33.6 Å². The lowest BCUT2D eigenvalue weighted by Crippen LogP contribution is -2.20. The van der Waals surface area contributed by atoms with E-state index in [1.807, 2.05) is 19.0 Å². The summed E-state index contributed by atoms with van der Waals surface area (Å²) in [5.41, 5.74) is 0. The van der Waals surface area contributed by atoms with E-state index in [-0.39, 0.29) is 0 Å². The molecule has 0 spiro atoms. The van der Waals surface area contributed by atoms with Gasteiger partial charge in [-0.25, -0.2) is 0 Å². The fourth-order valence-electron chi connectivity index (χ4n) is 0.690. The molecule has 0 aliphatic rings. The minimum atomic E-state index is -2.49. The van der Waals surface area contributed by atoms with Gasteiger partial charge in [0.2, 0.25) is 0 Å². The number of hydrogen-bond acceptors (Lipinski definition) is 4. The SMILES string of the molecule is COP(=S)(N=C(SC(C)C)N(C)C)OC. The number of rotatable bonds is 4. The van der Waals surface area contributed by atoms with Gasteiger partial charge in [-0.3, -0.25) is 0 Å². The van der Waals surface area contributed by atoms with Crippen LogP contribution in [-0.2, 0) is 20.9 Å². The summed E-state index contributed by atoms with van der Waals surface area (Å²) in [5.74, 6) is 0. The van der Waals surface area contributed by atoms with Crippen LogP contribution in [-0.4, -0.2) is 43.6 Å². The lowest BCUT2D eigenvalue weighted by Gasteiger charge is -2.20. The fraction of sp³-hybridized carbons (Fsp3) is 0.875. The second kappa shape index (κ2) is 6.86. The first-order chi connectivity index (χ1) is 6.84. The van der Waals surface area contributed by atoms with Crippen LogP contribution >= 0.6 is 18.4 Å². The molecule has 90 valence electrons. The summed E-state index contributed by atoms with van der Waals surface area (Å²) in [6.07, 6.45) is 0. The van der Waals surface area contributed by atoms with E-state index in [1.54, 1.807) is 11.8 Å². The Morgan fingerprint density at radius 3 is 2.07 bits per heavy atom. The standard InChI is InChI=1S/C8H19N2O2PS2/c1-7(2)15-8(10(3)4)9-13(14,11-5)12-6/h7H,1-6H3. The Morgan fingerprint density at radius 2 is 1.80 bits per heavy atom. The van der Waals surface area contributed by atoms with E-state index < -0.39 is 6.64 Å². The zero-order valence-electron chi connectivity index (χ0n) is 10.1. The van der Waals surface area contributed by atoms with Crippen molar-refractivity contribution in [3.63, 3.8) is 0 Å². The van der Waals surface area contributed by atoms with E-state index in [2.05, 4.69) is 18.6 Å². The Labute approximate surface area is 102 Å². The first-order valence-electron chi connectivity index (χ1n) is 4.50. The van der Waals surface area contributed by atoms with Gasteiger partial charge in [-0.05, 0) is 11.8 Å². The van der Waals surface area contributed by atoms with Gasteiger partial charge in [0.05, 0.1) is 0 Å². The van der Waals surface area contributed by atoms with Crippen molar-refractivity contribution >= 4 is 35.4 Å². The number of thioether (sulfide) groups is 1. The lowest BCUT2D eigenvalue weighted by atomic mass is 10.6. The van der Waals surface area contributed by atoms with Gasteiger partial charge in [-0.1, -0.05) is 25.6 Å². The molecule has 0 aromatic rings. The van der Waals surface area contributed by atoms with Crippen LogP contribution in [0.15, 0.2) is 4.76 Å². The van der Waals surface area contributed by atoms with Gasteiger partial charge < -0.3 is 13.9 Å². The third kappa shape index (κ3) is 5.88. The van der Waals surface area contributed by atoms with Crippen molar-refractivity contribution in [2.24, 2.45) is 4.76 Å². The van der Waals surface area contributed by atoms with Crippen LogP contribution in [0, 0.1) is 0 Å². The maximum atomic E-state index is 5.19. The molecule has 7 heteroatoms. The predicted molar refractivity (Wildman–Crippen MR) is 72.2 cm³/mol. The fourth-order valence-corrected chi connectivity index (χ4v) is 2.92. The summed E-state index contributed by atoms with van der Waals surface area (Å²) in [6.45, 7) is 1.72. The van der Waals surface area contributed by atoms with Gasteiger partial charge in [-0.15, -0.1) is 0 Å². The zero-order chi connectivity index (χ0) is 12.1. The molecule has 0 atom stereocenters. The lowest BCUT2D eigenvalue weighted by molar-refractivity contribution is 0.338. The second-order valence-corrected chi connectivity index (χ2v) is 8.07. The van der Waals surface area contributed by atoms with Crippen molar-refractivity contribution in [1.29, 1.82) is 0 Å². The summed E-state index contributed by atoms with van der Waals surface area (Å²) in [4.78, 5) is 1.92. The first-order valence-corrected chi connectivity index (χ1v) is 7.97. The molecule has 0 saturated carbocycles. The number of hydrogen-bond donors (Lipinski definition) is 0. The molecule has 15 heavy (non-hydrogen) atoms. The molecule has 0 bridgehead atoms. The molecule has 0 rings (SSSR count). The molecule has 4 nitrogen and oxygen atoms in total. The maximum Gasteiger partial charge on any atom is 0.310 e. The summed E-state index contributed by atoms with van der Waals surface area (Å²) >= 11 is 6.83. The molecule has 0 aromatic heterocycles. The number of nitrogens with zero attached hydrogens (tertiary/aromatic N) is 2. The maximum absolute atomic E-state index is 5.19. The normalized spacial score (nSPS) is 13.4. The van der Waals surface area contributed by atoms with Crippen molar-refractivity contribution in [2.45, 2.75) is 19.1 Å². The van der Waals surface area contributed by atoms with E-state index in [0.717, 1.165) is 5.17 Å². The molecular formula is C8H19N2O2PS2. The average molecular weight is 270 g/mol. The monoisotopic (exact) mass is 270 g/mol. The van der Waals surface area contributed by atoms with Gasteiger partial charge in [0.25, 0.3) is 0 Å². The third-order valence-electron chi connectivity index (χ3n) is 1.39. The van der Waals surface area contributed by atoms with E-state index in [0.29, 0.717) is 5.25 Å². The minimum absolute atomic E-state index is 0.448. The van der Waals surface area contributed by atoms with E-state index >= 15 is 0 Å². The van der Waals surface area contributed by atoms with Crippen LogP contribution < -0.4 is 0 Å². The topological polar surface area (TPSA) is 34.1 Å². The quantitative estimate of drug-likeness (QED) is 0.445. The smallest absolute Gasteiger partial charge is 0.310 e. The van der Waals surface area contributed by atoms with Crippen LogP contribution in [0.25, 0.3) is 0 Å². The highest BCUT2D eigenvalue weighted by atomic mass is 32.5. The van der Waals surface area contributed by atoms with Crippen molar-refractivity contribution in [2.75, 3.05) is 28.3 Å². The van der Waals surface area contributed by atoms with Crippen LogP contribution in [0.1, 0.15) is 13.8 Å². The summed E-state index contributed by atoms with van der Waals surface area (Å²) in [7, 11) is 6.92. The van der Waals surface area contributed by atoms with Crippen molar-refractivity contribution in [3.8, 4) is 0 Å². The second-order valence-electron chi connectivity index (χ2n) is 3.28. The molecular weight excluding hydrogens is 251 g/mol. The molecule has 0 unspecified atom stereocenters. The highest BCUT2D eigenvalue weighted by molar-refractivity contribution is 8.15. The summed E-state index contributed by atoms with van der Waals surface area (Å²) in [6, 6.07) is 0. The van der Waals surface area contributed by atoms with Gasteiger partial charge >= 0.3 is 6.64 Å². The summed E-state index contributed by atoms with van der Waals surface area (Å²) in [5, 5.41) is 1.29. The molecule has 0 radical (unpaired) electrons. The molecule has 0 aliphatic heterocycles. The Hall–Kier alpha value is 0.390. The van der Waals surface area contributed by atoms with Crippen molar-refractivity contribution < 1.29 is 9.05 Å². The number of amidine groups is 1. The van der Waals surface area contributed by atoms with Gasteiger partial charge in [0.15, 0.2) is 5.17 Å².